The Bertz CT molecular complexity index is 571. The molecule has 1 N–H and O–H groups in total. The Hall–Kier alpha value is -2.16. The van der Waals surface area contributed by atoms with E-state index in [2.05, 4.69) is 18.3 Å². The van der Waals surface area contributed by atoms with Crippen LogP contribution in [0.5, 0.6) is 11.5 Å². The molecule has 0 aromatic heterocycles. The highest BCUT2D eigenvalue weighted by Gasteiger charge is 2.02. The average Bonchev–Trinajstić information content (AvgIpc) is 2.66. The number of nitrogens with one attached hydrogen (secondary N) is 1. The minimum absolute atomic E-state index is 0.532. The Morgan fingerprint density at radius 3 is 2.24 bits per heavy atom. The molecule has 0 heterocycles. The van der Waals surface area contributed by atoms with Gasteiger partial charge in [0.1, 0.15) is 24.7 Å². The van der Waals surface area contributed by atoms with Crippen LogP contribution in [0.15, 0.2) is 54.6 Å². The molecule has 0 saturated carbocycles. The van der Waals surface area contributed by atoms with Crippen LogP contribution in [0.2, 0.25) is 0 Å². The molecule has 0 bridgehead atoms. The van der Waals surface area contributed by atoms with E-state index in [1.165, 1.54) is 38.5 Å². The smallest absolute Gasteiger partial charge is 0.142 e. The number of hydrogen-bond acceptors (Lipinski definition) is 3. The predicted molar refractivity (Wildman–Crippen MR) is 106 cm³/mol. The molecule has 0 unspecified atom stereocenters. The molecule has 0 aliphatic heterocycles. The van der Waals surface area contributed by atoms with Crippen LogP contribution in [-0.4, -0.2) is 19.8 Å². The van der Waals surface area contributed by atoms with Crippen LogP contribution in [0.4, 0.5) is 5.69 Å². The van der Waals surface area contributed by atoms with E-state index in [4.69, 9.17) is 9.47 Å². The van der Waals surface area contributed by atoms with E-state index >= 15 is 0 Å². The van der Waals surface area contributed by atoms with Gasteiger partial charge in [0, 0.05) is 6.54 Å². The zero-order valence-electron chi connectivity index (χ0n) is 15.4. The minimum atomic E-state index is 0.532. The molecule has 3 heteroatoms. The fraction of sp³-hybridized carbons (Fsp3) is 0.455. The van der Waals surface area contributed by atoms with Crippen molar-refractivity contribution in [2.75, 3.05) is 25.1 Å². The first-order valence-electron chi connectivity index (χ1n) is 9.53. The van der Waals surface area contributed by atoms with Gasteiger partial charge in [0.25, 0.3) is 0 Å². The number of rotatable bonds is 13. The van der Waals surface area contributed by atoms with Crippen LogP contribution in [0.25, 0.3) is 0 Å². The molecule has 3 nitrogen and oxygen atoms in total. The van der Waals surface area contributed by atoms with Gasteiger partial charge in [0.2, 0.25) is 0 Å². The summed E-state index contributed by atoms with van der Waals surface area (Å²) in [4.78, 5) is 0. The van der Waals surface area contributed by atoms with E-state index in [1.807, 2.05) is 48.5 Å². The Morgan fingerprint density at radius 1 is 0.720 bits per heavy atom. The Labute approximate surface area is 152 Å². The number of hydrogen-bond donors (Lipinski definition) is 1. The standard InChI is InChI=1S/C22H31NO2/c1-2-3-4-5-6-12-17-23-21-15-10-11-16-22(21)25-19-18-24-20-13-8-7-9-14-20/h7-11,13-16,23H,2-6,12,17-19H2,1H3. The van der Waals surface area contributed by atoms with Crippen molar-refractivity contribution in [2.45, 2.75) is 45.4 Å². The average molecular weight is 341 g/mol. The van der Waals surface area contributed by atoms with Gasteiger partial charge in [0.05, 0.1) is 5.69 Å². The summed E-state index contributed by atoms with van der Waals surface area (Å²) in [5.41, 5.74) is 1.07. The van der Waals surface area contributed by atoms with Crippen LogP contribution < -0.4 is 14.8 Å². The van der Waals surface area contributed by atoms with Crippen molar-refractivity contribution in [2.24, 2.45) is 0 Å². The van der Waals surface area contributed by atoms with Crippen molar-refractivity contribution in [3.63, 3.8) is 0 Å². The van der Waals surface area contributed by atoms with Crippen molar-refractivity contribution in [3.8, 4) is 11.5 Å². The summed E-state index contributed by atoms with van der Waals surface area (Å²) in [6, 6.07) is 18.0. The second kappa shape index (κ2) is 12.2. The van der Waals surface area contributed by atoms with Crippen molar-refractivity contribution < 1.29 is 9.47 Å². The van der Waals surface area contributed by atoms with Gasteiger partial charge in [-0.3, -0.25) is 0 Å². The van der Waals surface area contributed by atoms with Gasteiger partial charge in [-0.15, -0.1) is 0 Å². The van der Waals surface area contributed by atoms with Gasteiger partial charge in [0.15, 0.2) is 0 Å². The minimum Gasteiger partial charge on any atom is -0.490 e. The van der Waals surface area contributed by atoms with Crippen LogP contribution >= 0.6 is 0 Å². The summed E-state index contributed by atoms with van der Waals surface area (Å²) in [6.45, 7) is 4.32. The molecule has 0 spiro atoms. The van der Waals surface area contributed by atoms with Crippen LogP contribution in [0.1, 0.15) is 45.4 Å². The summed E-state index contributed by atoms with van der Waals surface area (Å²) < 4.78 is 11.5. The zero-order valence-corrected chi connectivity index (χ0v) is 15.4. The lowest BCUT2D eigenvalue weighted by Crippen LogP contribution is -2.10. The van der Waals surface area contributed by atoms with Gasteiger partial charge < -0.3 is 14.8 Å². The Kier molecular flexibility index (Phi) is 9.38. The SMILES string of the molecule is CCCCCCCCNc1ccccc1OCCOc1ccccc1. The third-order valence-corrected chi connectivity index (χ3v) is 4.09. The van der Waals surface area contributed by atoms with Gasteiger partial charge in [-0.1, -0.05) is 69.4 Å². The highest BCUT2D eigenvalue weighted by Crippen LogP contribution is 2.23. The maximum Gasteiger partial charge on any atom is 0.142 e. The fourth-order valence-corrected chi connectivity index (χ4v) is 2.69. The molecule has 0 aliphatic rings. The van der Waals surface area contributed by atoms with E-state index < -0.39 is 0 Å². The third kappa shape index (κ3) is 7.97. The molecular weight excluding hydrogens is 310 g/mol. The summed E-state index contributed by atoms with van der Waals surface area (Å²) in [7, 11) is 0. The van der Waals surface area contributed by atoms with Gasteiger partial charge >= 0.3 is 0 Å². The first-order valence-corrected chi connectivity index (χ1v) is 9.53. The molecule has 0 radical (unpaired) electrons. The van der Waals surface area contributed by atoms with Crippen molar-refractivity contribution in [1.29, 1.82) is 0 Å². The van der Waals surface area contributed by atoms with Crippen molar-refractivity contribution in [1.82, 2.24) is 0 Å². The summed E-state index contributed by atoms with van der Waals surface area (Å²) in [5.74, 6) is 1.77. The number of ether oxygens (including phenoxy) is 2. The van der Waals surface area contributed by atoms with E-state index in [0.717, 1.165) is 23.7 Å². The molecule has 2 aromatic rings. The third-order valence-electron chi connectivity index (χ3n) is 4.09. The normalized spacial score (nSPS) is 10.4. The van der Waals surface area contributed by atoms with Gasteiger partial charge in [-0.25, -0.2) is 0 Å². The second-order valence-electron chi connectivity index (χ2n) is 6.20. The Morgan fingerprint density at radius 2 is 1.40 bits per heavy atom. The molecule has 0 atom stereocenters. The maximum absolute atomic E-state index is 5.88. The fourth-order valence-electron chi connectivity index (χ4n) is 2.69. The summed E-state index contributed by atoms with van der Waals surface area (Å²) >= 11 is 0. The maximum atomic E-state index is 5.88. The lowest BCUT2D eigenvalue weighted by atomic mass is 10.1. The molecule has 0 saturated heterocycles. The zero-order chi connectivity index (χ0) is 17.6. The van der Waals surface area contributed by atoms with E-state index in [9.17, 15) is 0 Å². The van der Waals surface area contributed by atoms with Crippen molar-refractivity contribution in [3.05, 3.63) is 54.6 Å². The monoisotopic (exact) mass is 341 g/mol. The van der Waals surface area contributed by atoms with Gasteiger partial charge in [-0.05, 0) is 30.7 Å². The molecule has 2 aromatic carbocycles. The van der Waals surface area contributed by atoms with Crippen LogP contribution in [0, 0.1) is 0 Å². The molecule has 2 rings (SSSR count). The van der Waals surface area contributed by atoms with Crippen LogP contribution in [0.3, 0.4) is 0 Å². The number of benzene rings is 2. The molecule has 0 aliphatic carbocycles. The first kappa shape index (κ1) is 19.2. The molecular formula is C22H31NO2. The first-order chi connectivity index (χ1) is 12.4. The van der Waals surface area contributed by atoms with Gasteiger partial charge in [-0.2, -0.15) is 0 Å². The molecule has 0 amide bonds. The highest BCUT2D eigenvalue weighted by molar-refractivity contribution is 5.56. The second-order valence-corrected chi connectivity index (χ2v) is 6.20. The topological polar surface area (TPSA) is 30.5 Å². The van der Waals surface area contributed by atoms with E-state index in [-0.39, 0.29) is 0 Å². The van der Waals surface area contributed by atoms with Crippen molar-refractivity contribution >= 4 is 5.69 Å². The molecule has 136 valence electrons. The van der Waals surface area contributed by atoms with Crippen LogP contribution in [-0.2, 0) is 0 Å². The summed E-state index contributed by atoms with van der Waals surface area (Å²) in [6.07, 6.45) is 7.85. The highest BCUT2D eigenvalue weighted by atomic mass is 16.5. The molecule has 0 fully saturated rings. The molecule has 25 heavy (non-hydrogen) atoms. The lowest BCUT2D eigenvalue weighted by Gasteiger charge is -2.13. The lowest BCUT2D eigenvalue weighted by molar-refractivity contribution is 0.218. The van der Waals surface area contributed by atoms with E-state index in [0.29, 0.717) is 13.2 Å². The van der Waals surface area contributed by atoms with E-state index in [1.54, 1.807) is 0 Å². The largest absolute Gasteiger partial charge is 0.490 e. The number of unbranched alkanes of at least 4 members (excludes halogenated alkanes) is 5. The summed E-state index contributed by atoms with van der Waals surface area (Å²) in [5, 5.41) is 3.50. The number of anilines is 1. The number of para-hydroxylation sites is 3. The Balaban J connectivity index is 1.65. The predicted octanol–water partition coefficient (Wildman–Crippen LogP) is 5.92. The quantitative estimate of drug-likeness (QED) is 0.459.